The molecule has 0 saturated carbocycles. The van der Waals surface area contributed by atoms with Crippen LogP contribution in [0, 0.1) is 5.92 Å². The van der Waals surface area contributed by atoms with Gasteiger partial charge in [-0.25, -0.2) is 0 Å². The highest BCUT2D eigenvalue weighted by Crippen LogP contribution is 2.10. The molecule has 0 aliphatic heterocycles. The predicted octanol–water partition coefficient (Wildman–Crippen LogP) is 1.81. The molecule has 0 saturated heterocycles. The van der Waals surface area contributed by atoms with E-state index in [9.17, 15) is 9.00 Å². The fourth-order valence-electron chi connectivity index (χ4n) is 1.07. The Morgan fingerprint density at radius 3 is 2.81 bits per heavy atom. The maximum atomic E-state index is 11.6. The number of rotatable bonds is 5. The first-order chi connectivity index (χ1) is 7.49. The van der Waals surface area contributed by atoms with E-state index in [2.05, 4.69) is 20.9 Å². The van der Waals surface area contributed by atoms with Crippen LogP contribution >= 0.6 is 15.9 Å². The van der Waals surface area contributed by atoms with Gasteiger partial charge in [-0.1, -0.05) is 6.92 Å². The zero-order valence-electron chi connectivity index (χ0n) is 8.72. The number of carboxylic acid groups (broad SMARTS) is 1. The van der Waals surface area contributed by atoms with Crippen LogP contribution in [0.2, 0.25) is 0 Å². The summed E-state index contributed by atoms with van der Waals surface area (Å²) in [5, 5.41) is 8.68. The second-order valence-corrected chi connectivity index (χ2v) is 5.88. The van der Waals surface area contributed by atoms with Crippen LogP contribution < -0.4 is 0 Å². The van der Waals surface area contributed by atoms with Gasteiger partial charge in [-0.3, -0.25) is 14.0 Å². The molecule has 6 heteroatoms. The SMILES string of the molecule is CC(CS(=O)Cc1ccc(Br)cn1)C(=O)O. The number of halogens is 1. The Labute approximate surface area is 105 Å². The highest BCUT2D eigenvalue weighted by molar-refractivity contribution is 9.10. The fraction of sp³-hybridized carbons (Fsp3) is 0.400. The van der Waals surface area contributed by atoms with E-state index < -0.39 is 22.7 Å². The number of carboxylic acids is 1. The van der Waals surface area contributed by atoms with Crippen LogP contribution in [0.25, 0.3) is 0 Å². The number of carbonyl (C=O) groups is 1. The molecule has 88 valence electrons. The van der Waals surface area contributed by atoms with Gasteiger partial charge >= 0.3 is 5.97 Å². The third kappa shape index (κ3) is 4.40. The van der Waals surface area contributed by atoms with Gasteiger partial charge < -0.3 is 5.11 Å². The molecule has 0 fully saturated rings. The van der Waals surface area contributed by atoms with E-state index >= 15 is 0 Å². The Morgan fingerprint density at radius 1 is 1.62 bits per heavy atom. The van der Waals surface area contributed by atoms with Crippen molar-refractivity contribution in [3.05, 3.63) is 28.5 Å². The lowest BCUT2D eigenvalue weighted by atomic mass is 10.2. The summed E-state index contributed by atoms with van der Waals surface area (Å²) < 4.78 is 12.5. The van der Waals surface area contributed by atoms with E-state index in [4.69, 9.17) is 5.11 Å². The second-order valence-electron chi connectivity index (χ2n) is 3.46. The fourth-order valence-corrected chi connectivity index (χ4v) is 2.62. The number of hydrogen-bond acceptors (Lipinski definition) is 3. The van der Waals surface area contributed by atoms with Crippen LogP contribution in [-0.4, -0.2) is 26.0 Å². The van der Waals surface area contributed by atoms with Crippen LogP contribution in [0.15, 0.2) is 22.8 Å². The van der Waals surface area contributed by atoms with Crippen molar-refractivity contribution in [2.45, 2.75) is 12.7 Å². The van der Waals surface area contributed by atoms with Crippen molar-refractivity contribution >= 4 is 32.7 Å². The average molecular weight is 306 g/mol. The van der Waals surface area contributed by atoms with Gasteiger partial charge in [-0.15, -0.1) is 0 Å². The minimum atomic E-state index is -1.19. The highest BCUT2D eigenvalue weighted by atomic mass is 79.9. The minimum absolute atomic E-state index is 0.160. The second kappa shape index (κ2) is 6.10. The van der Waals surface area contributed by atoms with Gasteiger partial charge in [-0.05, 0) is 28.1 Å². The van der Waals surface area contributed by atoms with Crippen molar-refractivity contribution in [1.29, 1.82) is 0 Å². The lowest BCUT2D eigenvalue weighted by Gasteiger charge is -2.05. The molecule has 1 aromatic rings. The molecule has 0 spiro atoms. The molecule has 0 aromatic carbocycles. The molecular formula is C10H12BrNO3S. The summed E-state index contributed by atoms with van der Waals surface area (Å²) in [7, 11) is -1.19. The highest BCUT2D eigenvalue weighted by Gasteiger charge is 2.15. The van der Waals surface area contributed by atoms with Crippen molar-refractivity contribution in [1.82, 2.24) is 4.98 Å². The molecular weight excluding hydrogens is 294 g/mol. The molecule has 4 nitrogen and oxygen atoms in total. The Morgan fingerprint density at radius 2 is 2.31 bits per heavy atom. The standard InChI is InChI=1S/C10H12BrNO3S/c1-7(10(13)14)5-16(15)6-9-3-2-8(11)4-12-9/h2-4,7H,5-6H2,1H3,(H,13,14). The number of aliphatic carboxylic acids is 1. The normalized spacial score (nSPS) is 14.4. The molecule has 0 bridgehead atoms. The molecule has 0 amide bonds. The summed E-state index contributed by atoms with van der Waals surface area (Å²) in [6.07, 6.45) is 1.63. The first-order valence-electron chi connectivity index (χ1n) is 4.67. The van der Waals surface area contributed by atoms with Gasteiger partial charge in [0.2, 0.25) is 0 Å². The van der Waals surface area contributed by atoms with E-state index in [1.54, 1.807) is 19.2 Å². The molecule has 2 unspecified atom stereocenters. The molecule has 0 radical (unpaired) electrons. The van der Waals surface area contributed by atoms with Crippen molar-refractivity contribution in [3.63, 3.8) is 0 Å². The van der Waals surface area contributed by atoms with Crippen LogP contribution in [0.3, 0.4) is 0 Å². The van der Waals surface area contributed by atoms with Crippen molar-refractivity contribution in [2.75, 3.05) is 5.75 Å². The maximum Gasteiger partial charge on any atom is 0.307 e. The largest absolute Gasteiger partial charge is 0.481 e. The molecule has 1 rings (SSSR count). The van der Waals surface area contributed by atoms with E-state index in [1.165, 1.54) is 0 Å². The number of hydrogen-bond donors (Lipinski definition) is 1. The van der Waals surface area contributed by atoms with Gasteiger partial charge in [-0.2, -0.15) is 0 Å². The van der Waals surface area contributed by atoms with E-state index in [0.29, 0.717) is 11.4 Å². The van der Waals surface area contributed by atoms with Gasteiger partial charge in [0, 0.05) is 27.2 Å². The van der Waals surface area contributed by atoms with Crippen molar-refractivity contribution in [3.8, 4) is 0 Å². The first-order valence-corrected chi connectivity index (χ1v) is 6.95. The summed E-state index contributed by atoms with van der Waals surface area (Å²) in [4.78, 5) is 14.7. The predicted molar refractivity (Wildman–Crippen MR) is 65.5 cm³/mol. The lowest BCUT2D eigenvalue weighted by Crippen LogP contribution is -2.18. The first kappa shape index (κ1) is 13.3. The minimum Gasteiger partial charge on any atom is -0.481 e. The van der Waals surface area contributed by atoms with Crippen LogP contribution in [0.1, 0.15) is 12.6 Å². The van der Waals surface area contributed by atoms with E-state index in [0.717, 1.165) is 4.47 Å². The summed E-state index contributed by atoms with van der Waals surface area (Å²) in [6, 6.07) is 3.59. The van der Waals surface area contributed by atoms with Gasteiger partial charge in [0.05, 0.1) is 17.4 Å². The summed E-state index contributed by atoms with van der Waals surface area (Å²) in [5.74, 6) is -1.05. The topological polar surface area (TPSA) is 67.3 Å². The molecule has 0 aliphatic rings. The van der Waals surface area contributed by atoms with E-state index in [-0.39, 0.29) is 5.75 Å². The Kier molecular flexibility index (Phi) is 5.08. The summed E-state index contributed by atoms with van der Waals surface area (Å²) >= 11 is 3.25. The quantitative estimate of drug-likeness (QED) is 0.901. The molecule has 1 heterocycles. The van der Waals surface area contributed by atoms with Crippen LogP contribution in [0.4, 0.5) is 0 Å². The van der Waals surface area contributed by atoms with Crippen molar-refractivity contribution < 1.29 is 14.1 Å². The third-order valence-corrected chi connectivity index (χ3v) is 3.91. The van der Waals surface area contributed by atoms with Crippen LogP contribution in [-0.2, 0) is 21.3 Å². The average Bonchev–Trinajstić information content (AvgIpc) is 2.21. The number of pyridine rings is 1. The third-order valence-electron chi connectivity index (χ3n) is 1.95. The summed E-state index contributed by atoms with van der Waals surface area (Å²) in [6.45, 7) is 1.55. The van der Waals surface area contributed by atoms with Crippen molar-refractivity contribution in [2.24, 2.45) is 5.92 Å². The van der Waals surface area contributed by atoms with Gasteiger partial charge in [0.1, 0.15) is 0 Å². The molecule has 16 heavy (non-hydrogen) atoms. The zero-order chi connectivity index (χ0) is 12.1. The van der Waals surface area contributed by atoms with E-state index in [1.807, 2.05) is 6.07 Å². The molecule has 1 aromatic heterocycles. The maximum absolute atomic E-state index is 11.6. The van der Waals surface area contributed by atoms with Gasteiger partial charge in [0.25, 0.3) is 0 Å². The van der Waals surface area contributed by atoms with Crippen LogP contribution in [0.5, 0.6) is 0 Å². The molecule has 2 atom stereocenters. The molecule has 1 N–H and O–H groups in total. The summed E-state index contributed by atoms with van der Waals surface area (Å²) in [5.41, 5.74) is 0.708. The Balaban J connectivity index is 2.52. The number of nitrogens with zero attached hydrogens (tertiary/aromatic N) is 1. The molecule has 0 aliphatic carbocycles. The monoisotopic (exact) mass is 305 g/mol. The number of aromatic nitrogens is 1. The zero-order valence-corrected chi connectivity index (χ0v) is 11.1. The lowest BCUT2D eigenvalue weighted by molar-refractivity contribution is -0.140. The smallest absolute Gasteiger partial charge is 0.307 e. The Bertz CT molecular complexity index is 394. The Hall–Kier alpha value is -0.750. The van der Waals surface area contributed by atoms with Gasteiger partial charge in [0.15, 0.2) is 0 Å².